The number of rotatable bonds is 3. The van der Waals surface area contributed by atoms with Crippen molar-refractivity contribution in [3.05, 3.63) is 22.4 Å². The van der Waals surface area contributed by atoms with Crippen molar-refractivity contribution in [1.29, 1.82) is 0 Å². The predicted octanol–water partition coefficient (Wildman–Crippen LogP) is 1.68. The molecule has 0 aliphatic carbocycles. The molecular weight excluding hydrogens is 208 g/mol. The first kappa shape index (κ1) is 10.6. The van der Waals surface area contributed by atoms with Gasteiger partial charge in [-0.15, -0.1) is 11.3 Å². The molecule has 1 fully saturated rings. The summed E-state index contributed by atoms with van der Waals surface area (Å²) in [5, 5.41) is 8.32. The van der Waals surface area contributed by atoms with Crippen molar-refractivity contribution in [2.45, 2.75) is 31.8 Å². The Kier molecular flexibility index (Phi) is 3.38. The first-order valence-corrected chi connectivity index (χ1v) is 6.22. The van der Waals surface area contributed by atoms with E-state index in [4.69, 9.17) is 0 Å². The lowest BCUT2D eigenvalue weighted by Crippen LogP contribution is -2.48. The molecule has 2 N–H and O–H groups in total. The second-order valence-electron chi connectivity index (χ2n) is 3.89. The molecule has 15 heavy (non-hydrogen) atoms. The topological polar surface area (TPSA) is 41.1 Å². The lowest BCUT2D eigenvalue weighted by molar-refractivity contribution is -0.124. The van der Waals surface area contributed by atoms with Crippen molar-refractivity contribution < 1.29 is 4.79 Å². The Bertz CT molecular complexity index is 323. The number of amides is 1. The molecular formula is C11H16N2OS. The molecule has 82 valence electrons. The summed E-state index contributed by atoms with van der Waals surface area (Å²) in [4.78, 5) is 12.8. The van der Waals surface area contributed by atoms with Crippen LogP contribution in [0.1, 0.15) is 30.7 Å². The highest BCUT2D eigenvalue weighted by Gasteiger charge is 2.23. The van der Waals surface area contributed by atoms with Gasteiger partial charge in [0.05, 0.1) is 6.04 Å². The Morgan fingerprint density at radius 2 is 2.53 bits per heavy atom. The monoisotopic (exact) mass is 224 g/mol. The van der Waals surface area contributed by atoms with Crippen molar-refractivity contribution in [3.63, 3.8) is 0 Å². The second-order valence-corrected chi connectivity index (χ2v) is 4.87. The molecule has 1 aliphatic heterocycles. The van der Waals surface area contributed by atoms with Gasteiger partial charge in [-0.3, -0.25) is 10.1 Å². The van der Waals surface area contributed by atoms with Crippen LogP contribution in [0.15, 0.2) is 17.5 Å². The molecule has 2 unspecified atom stereocenters. The molecule has 1 amide bonds. The molecule has 1 aromatic heterocycles. The van der Waals surface area contributed by atoms with Crippen molar-refractivity contribution >= 4 is 17.2 Å². The van der Waals surface area contributed by atoms with Gasteiger partial charge < -0.3 is 5.32 Å². The van der Waals surface area contributed by atoms with Crippen LogP contribution in [-0.2, 0) is 4.79 Å². The summed E-state index contributed by atoms with van der Waals surface area (Å²) in [6, 6.07) is 4.39. The summed E-state index contributed by atoms with van der Waals surface area (Å²) in [6.45, 7) is 2.93. The van der Waals surface area contributed by atoms with Crippen LogP contribution >= 0.6 is 11.3 Å². The number of thiophene rings is 1. The Balaban J connectivity index is 1.93. The first-order valence-electron chi connectivity index (χ1n) is 5.34. The summed E-state index contributed by atoms with van der Waals surface area (Å²) < 4.78 is 0. The maximum absolute atomic E-state index is 11.5. The van der Waals surface area contributed by atoms with Crippen molar-refractivity contribution in [1.82, 2.24) is 10.6 Å². The molecule has 4 heteroatoms. The SMILES string of the molecule is CC(NC1CCCNC1=O)c1cccs1. The average molecular weight is 224 g/mol. The van der Waals surface area contributed by atoms with Gasteiger partial charge in [0.1, 0.15) is 0 Å². The van der Waals surface area contributed by atoms with Gasteiger partial charge in [-0.1, -0.05) is 6.07 Å². The minimum atomic E-state index is -0.0177. The van der Waals surface area contributed by atoms with Crippen LogP contribution in [-0.4, -0.2) is 18.5 Å². The summed E-state index contributed by atoms with van der Waals surface area (Å²) in [6.07, 6.45) is 2.02. The highest BCUT2D eigenvalue weighted by atomic mass is 32.1. The average Bonchev–Trinajstić information content (AvgIpc) is 2.74. The van der Waals surface area contributed by atoms with Crippen LogP contribution < -0.4 is 10.6 Å². The van der Waals surface area contributed by atoms with Gasteiger partial charge >= 0.3 is 0 Å². The van der Waals surface area contributed by atoms with Gasteiger partial charge in [0.2, 0.25) is 5.91 Å². The lowest BCUT2D eigenvalue weighted by atomic mass is 10.1. The van der Waals surface area contributed by atoms with E-state index in [1.54, 1.807) is 11.3 Å². The van der Waals surface area contributed by atoms with E-state index in [0.717, 1.165) is 19.4 Å². The van der Waals surface area contributed by atoms with E-state index in [9.17, 15) is 4.79 Å². The van der Waals surface area contributed by atoms with Gasteiger partial charge in [-0.2, -0.15) is 0 Å². The number of carbonyl (C=O) groups excluding carboxylic acids is 1. The molecule has 0 saturated carbocycles. The van der Waals surface area contributed by atoms with Crippen LogP contribution in [0.25, 0.3) is 0 Å². The zero-order chi connectivity index (χ0) is 10.7. The van der Waals surface area contributed by atoms with E-state index in [0.29, 0.717) is 0 Å². The Labute approximate surface area is 93.9 Å². The Morgan fingerprint density at radius 3 is 3.20 bits per heavy atom. The summed E-state index contributed by atoms with van der Waals surface area (Å²) in [7, 11) is 0. The van der Waals surface area contributed by atoms with Crippen LogP contribution in [0.3, 0.4) is 0 Å². The molecule has 2 rings (SSSR count). The number of nitrogens with one attached hydrogen (secondary N) is 2. The van der Waals surface area contributed by atoms with E-state index in [2.05, 4.69) is 29.0 Å². The third kappa shape index (κ3) is 2.58. The largest absolute Gasteiger partial charge is 0.355 e. The molecule has 1 aliphatic rings. The Hall–Kier alpha value is -0.870. The normalized spacial score (nSPS) is 23.5. The van der Waals surface area contributed by atoms with E-state index in [-0.39, 0.29) is 18.0 Å². The van der Waals surface area contributed by atoms with Crippen LogP contribution in [0.2, 0.25) is 0 Å². The molecule has 1 aromatic rings. The molecule has 0 radical (unpaired) electrons. The van der Waals surface area contributed by atoms with Gasteiger partial charge in [-0.05, 0) is 31.2 Å². The zero-order valence-electron chi connectivity index (χ0n) is 8.82. The number of hydrogen-bond donors (Lipinski definition) is 2. The smallest absolute Gasteiger partial charge is 0.237 e. The first-order chi connectivity index (χ1) is 7.27. The predicted molar refractivity (Wildman–Crippen MR) is 61.9 cm³/mol. The fraction of sp³-hybridized carbons (Fsp3) is 0.545. The van der Waals surface area contributed by atoms with Crippen LogP contribution in [0.4, 0.5) is 0 Å². The van der Waals surface area contributed by atoms with E-state index >= 15 is 0 Å². The Morgan fingerprint density at radius 1 is 1.67 bits per heavy atom. The van der Waals surface area contributed by atoms with Gasteiger partial charge in [-0.25, -0.2) is 0 Å². The molecule has 2 atom stereocenters. The van der Waals surface area contributed by atoms with E-state index < -0.39 is 0 Å². The maximum Gasteiger partial charge on any atom is 0.237 e. The van der Waals surface area contributed by atoms with Gasteiger partial charge in [0.15, 0.2) is 0 Å². The van der Waals surface area contributed by atoms with Crippen molar-refractivity contribution in [2.24, 2.45) is 0 Å². The zero-order valence-corrected chi connectivity index (χ0v) is 9.64. The van der Waals surface area contributed by atoms with Crippen molar-refractivity contribution in [2.75, 3.05) is 6.54 Å². The van der Waals surface area contributed by atoms with Gasteiger partial charge in [0, 0.05) is 17.5 Å². The highest BCUT2D eigenvalue weighted by Crippen LogP contribution is 2.19. The quantitative estimate of drug-likeness (QED) is 0.820. The highest BCUT2D eigenvalue weighted by molar-refractivity contribution is 7.10. The number of carbonyl (C=O) groups is 1. The lowest BCUT2D eigenvalue weighted by Gasteiger charge is -2.25. The van der Waals surface area contributed by atoms with E-state index in [1.165, 1.54) is 4.88 Å². The summed E-state index contributed by atoms with van der Waals surface area (Å²) in [5.41, 5.74) is 0. The second kappa shape index (κ2) is 4.77. The number of piperidine rings is 1. The molecule has 0 aromatic carbocycles. The molecule has 3 nitrogen and oxygen atoms in total. The van der Waals surface area contributed by atoms with Crippen LogP contribution in [0.5, 0.6) is 0 Å². The third-order valence-electron chi connectivity index (χ3n) is 2.71. The fourth-order valence-corrected chi connectivity index (χ4v) is 2.60. The molecule has 0 bridgehead atoms. The number of hydrogen-bond acceptors (Lipinski definition) is 3. The molecule has 1 saturated heterocycles. The maximum atomic E-state index is 11.5. The minimum Gasteiger partial charge on any atom is -0.355 e. The summed E-state index contributed by atoms with van der Waals surface area (Å²) in [5.74, 6) is 0.143. The molecule has 0 spiro atoms. The standard InChI is InChI=1S/C11H16N2OS/c1-8(10-5-3-7-15-10)13-9-4-2-6-12-11(9)14/h3,5,7-9,13H,2,4,6H2,1H3,(H,12,14). The minimum absolute atomic E-state index is 0.0177. The van der Waals surface area contributed by atoms with E-state index in [1.807, 2.05) is 6.07 Å². The summed E-state index contributed by atoms with van der Waals surface area (Å²) >= 11 is 1.73. The van der Waals surface area contributed by atoms with Crippen molar-refractivity contribution in [3.8, 4) is 0 Å². The fourth-order valence-electron chi connectivity index (χ4n) is 1.85. The molecule has 2 heterocycles. The third-order valence-corrected chi connectivity index (χ3v) is 3.76. The van der Waals surface area contributed by atoms with Crippen LogP contribution in [0, 0.1) is 0 Å². The van der Waals surface area contributed by atoms with Gasteiger partial charge in [0.25, 0.3) is 0 Å².